The van der Waals surface area contributed by atoms with E-state index < -0.39 is 0 Å². The zero-order chi connectivity index (χ0) is 29.2. The maximum Gasteiger partial charge on any atom is 0.0784 e. The van der Waals surface area contributed by atoms with Gasteiger partial charge in [0.1, 0.15) is 0 Å². The molecule has 41 heavy (non-hydrogen) atoms. The largest absolute Gasteiger partial charge is 1.00 e. The molecule has 0 aromatic heterocycles. The van der Waals surface area contributed by atoms with Crippen LogP contribution in [0.4, 0.5) is 0 Å². The number of quaternary nitrogens is 1. The molecule has 2 nitrogen and oxygen atoms in total. The predicted octanol–water partition coefficient (Wildman–Crippen LogP) is 9.56. The summed E-state index contributed by atoms with van der Waals surface area (Å²) in [6, 6.07) is 0. The third-order valence-corrected chi connectivity index (χ3v) is 9.46. The van der Waals surface area contributed by atoms with Gasteiger partial charge in [0, 0.05) is 6.61 Å². The van der Waals surface area contributed by atoms with Gasteiger partial charge in [-0.25, -0.2) is 0 Å². The van der Waals surface area contributed by atoms with Gasteiger partial charge in [-0.2, -0.15) is 0 Å². The van der Waals surface area contributed by atoms with E-state index in [9.17, 15) is 5.11 Å². The molecule has 0 atom stereocenters. The van der Waals surface area contributed by atoms with E-state index in [2.05, 4.69) is 20.9 Å². The molecule has 1 N–H and O–H groups in total. The van der Waals surface area contributed by atoms with E-state index in [1.54, 1.807) is 0 Å². The van der Waals surface area contributed by atoms with Crippen molar-refractivity contribution in [3.05, 3.63) is 0 Å². The van der Waals surface area contributed by atoms with Crippen LogP contribution in [0.15, 0.2) is 0 Å². The first kappa shape index (κ1) is 43.3. The van der Waals surface area contributed by atoms with Crippen molar-refractivity contribution in [1.82, 2.24) is 0 Å². The summed E-state index contributed by atoms with van der Waals surface area (Å²) in [5.41, 5.74) is 0. The second-order valence-corrected chi connectivity index (χ2v) is 13.8. The third kappa shape index (κ3) is 34.6. The van der Waals surface area contributed by atoms with E-state index >= 15 is 0 Å². The van der Waals surface area contributed by atoms with Crippen LogP contribution in [0.1, 0.15) is 213 Å². The van der Waals surface area contributed by atoms with Crippen LogP contribution >= 0.6 is 0 Å². The number of aliphatic hydroxyl groups excluding tert-OH is 1. The summed E-state index contributed by atoms with van der Waals surface area (Å²) in [7, 11) is 2.53. The van der Waals surface area contributed by atoms with Gasteiger partial charge in [-0.15, -0.1) is 0 Å². The zero-order valence-corrected chi connectivity index (χ0v) is 29.8. The van der Waals surface area contributed by atoms with Crippen LogP contribution in [-0.2, 0) is 0 Å². The van der Waals surface area contributed by atoms with E-state index in [1.807, 2.05) is 0 Å². The molecule has 0 aromatic carbocycles. The minimum atomic E-state index is 0. The SMILES string of the molecule is CCCCCCCCCCCCCCCC[N+](C)(CCCCCO)CCCCCCCCCCCCCCCC.[Cl-]. The molecule has 0 aliphatic carbocycles. The zero-order valence-electron chi connectivity index (χ0n) is 29.0. The molecule has 0 rings (SSSR count). The summed E-state index contributed by atoms with van der Waals surface area (Å²) in [5, 5.41) is 9.18. The number of rotatable bonds is 35. The van der Waals surface area contributed by atoms with Gasteiger partial charge >= 0.3 is 0 Å². The van der Waals surface area contributed by atoms with Gasteiger partial charge in [-0.05, 0) is 44.9 Å². The number of aliphatic hydroxyl groups is 1. The maximum atomic E-state index is 9.18. The lowest BCUT2D eigenvalue weighted by molar-refractivity contribution is -0.910. The fourth-order valence-corrected chi connectivity index (χ4v) is 6.49. The van der Waals surface area contributed by atoms with Crippen LogP contribution in [0.3, 0.4) is 0 Å². The molecule has 0 radical (unpaired) electrons. The van der Waals surface area contributed by atoms with Crippen LogP contribution < -0.4 is 12.4 Å². The van der Waals surface area contributed by atoms with E-state index in [0.717, 1.165) is 6.42 Å². The highest BCUT2D eigenvalue weighted by atomic mass is 35.5. The third-order valence-electron chi connectivity index (χ3n) is 9.46. The Balaban J connectivity index is 0. The van der Waals surface area contributed by atoms with Gasteiger partial charge in [0.05, 0.1) is 26.7 Å². The summed E-state index contributed by atoms with van der Waals surface area (Å²) >= 11 is 0. The summed E-state index contributed by atoms with van der Waals surface area (Å²) < 4.78 is 1.28. The fourth-order valence-electron chi connectivity index (χ4n) is 6.49. The van der Waals surface area contributed by atoms with Crippen molar-refractivity contribution in [3.63, 3.8) is 0 Å². The van der Waals surface area contributed by atoms with Gasteiger partial charge < -0.3 is 22.0 Å². The van der Waals surface area contributed by atoms with Crippen molar-refractivity contribution in [2.45, 2.75) is 213 Å². The van der Waals surface area contributed by atoms with E-state index in [1.165, 1.54) is 217 Å². The first-order valence-corrected chi connectivity index (χ1v) is 19.1. The molecule has 250 valence electrons. The Morgan fingerprint density at radius 2 is 0.512 bits per heavy atom. The molecular formula is C38H80ClNO. The monoisotopic (exact) mass is 602 g/mol. The van der Waals surface area contributed by atoms with E-state index in [0.29, 0.717) is 6.61 Å². The maximum absolute atomic E-state index is 9.18. The molecule has 0 aromatic rings. The smallest absolute Gasteiger partial charge is 0.0784 e. The quantitative estimate of drug-likeness (QED) is 0.0566. The standard InChI is InChI=1S/C38H80NO.ClH/c1-4-6-8-10-12-14-16-18-20-22-24-26-28-31-35-39(3,37-33-30-34-38-40)36-32-29-27-25-23-21-19-17-15-13-11-9-7-5-2;/h40H,4-38H2,1-3H3;1H/q+1;/p-1. The van der Waals surface area contributed by atoms with Crippen molar-refractivity contribution < 1.29 is 22.0 Å². The van der Waals surface area contributed by atoms with Crippen molar-refractivity contribution >= 4 is 0 Å². The second kappa shape index (κ2) is 36.4. The predicted molar refractivity (Wildman–Crippen MR) is 182 cm³/mol. The van der Waals surface area contributed by atoms with Gasteiger partial charge in [-0.3, -0.25) is 0 Å². The molecule has 0 aliphatic heterocycles. The molecule has 3 heteroatoms. The molecule has 0 spiro atoms. The number of hydrogen-bond acceptors (Lipinski definition) is 1. The van der Waals surface area contributed by atoms with Gasteiger partial charge in [0.25, 0.3) is 0 Å². The minimum absolute atomic E-state index is 0. The molecule has 0 heterocycles. The van der Waals surface area contributed by atoms with E-state index in [-0.39, 0.29) is 12.4 Å². The van der Waals surface area contributed by atoms with Crippen LogP contribution in [0, 0.1) is 0 Å². The molecule has 0 saturated carbocycles. The number of halogens is 1. The summed E-state index contributed by atoms with van der Waals surface area (Å²) in [4.78, 5) is 0. The van der Waals surface area contributed by atoms with Crippen molar-refractivity contribution in [2.75, 3.05) is 33.3 Å². The van der Waals surface area contributed by atoms with Gasteiger partial charge in [-0.1, -0.05) is 168 Å². The van der Waals surface area contributed by atoms with Crippen molar-refractivity contribution in [2.24, 2.45) is 0 Å². The first-order chi connectivity index (χ1) is 19.7. The molecule has 0 amide bonds. The average molecular weight is 603 g/mol. The van der Waals surface area contributed by atoms with Gasteiger partial charge in [0.2, 0.25) is 0 Å². The molecule has 0 fully saturated rings. The van der Waals surface area contributed by atoms with Crippen molar-refractivity contribution in [1.29, 1.82) is 0 Å². The molecule has 0 saturated heterocycles. The van der Waals surface area contributed by atoms with Crippen molar-refractivity contribution in [3.8, 4) is 0 Å². The number of nitrogens with zero attached hydrogens (tertiary/aromatic N) is 1. The fraction of sp³-hybridized carbons (Fsp3) is 1.00. The first-order valence-electron chi connectivity index (χ1n) is 19.1. The Morgan fingerprint density at radius 1 is 0.317 bits per heavy atom. The normalized spacial score (nSPS) is 11.7. The molecule has 0 bridgehead atoms. The van der Waals surface area contributed by atoms with Crippen LogP contribution in [0.5, 0.6) is 0 Å². The van der Waals surface area contributed by atoms with Crippen LogP contribution in [-0.4, -0.2) is 42.9 Å². The Morgan fingerprint density at radius 3 is 0.732 bits per heavy atom. The summed E-state index contributed by atoms with van der Waals surface area (Å²) in [6.07, 6.45) is 44.0. The molecule has 0 unspecified atom stereocenters. The Hall–Kier alpha value is 0.210. The highest BCUT2D eigenvalue weighted by Gasteiger charge is 2.20. The molecular weight excluding hydrogens is 522 g/mol. The van der Waals surface area contributed by atoms with E-state index in [4.69, 9.17) is 0 Å². The minimum Gasteiger partial charge on any atom is -1.00 e. The lowest BCUT2D eigenvalue weighted by atomic mass is 10.0. The highest BCUT2D eigenvalue weighted by molar-refractivity contribution is 4.53. The van der Waals surface area contributed by atoms with Gasteiger partial charge in [0.15, 0.2) is 0 Å². The average Bonchev–Trinajstić information content (AvgIpc) is 2.96. The lowest BCUT2D eigenvalue weighted by Crippen LogP contribution is -3.00. The topological polar surface area (TPSA) is 20.2 Å². The number of hydrogen-bond donors (Lipinski definition) is 1. The van der Waals surface area contributed by atoms with Crippen LogP contribution in [0.25, 0.3) is 0 Å². The summed E-state index contributed by atoms with van der Waals surface area (Å²) in [6.45, 7) is 9.03. The lowest BCUT2D eigenvalue weighted by Gasteiger charge is -2.35. The Kier molecular flexibility index (Phi) is 38.5. The van der Waals surface area contributed by atoms with Crippen LogP contribution in [0.2, 0.25) is 0 Å². The second-order valence-electron chi connectivity index (χ2n) is 13.8. The highest BCUT2D eigenvalue weighted by Crippen LogP contribution is 2.17. The molecule has 0 aliphatic rings. The Labute approximate surface area is 267 Å². The number of unbranched alkanes of at least 4 members (excludes halogenated alkanes) is 28. The summed E-state index contributed by atoms with van der Waals surface area (Å²) in [5.74, 6) is 0. The Bertz CT molecular complexity index is 426.